The van der Waals surface area contributed by atoms with Gasteiger partial charge in [0, 0.05) is 0 Å². The Kier molecular flexibility index (Phi) is 16.4. The molecule has 0 fully saturated rings. The predicted molar refractivity (Wildman–Crippen MR) is 121 cm³/mol. The van der Waals surface area contributed by atoms with Crippen LogP contribution in [0.4, 0.5) is 0 Å². The molecule has 0 aromatic heterocycles. The van der Waals surface area contributed by atoms with Gasteiger partial charge in [0.1, 0.15) is 19.0 Å². The van der Waals surface area contributed by atoms with Crippen molar-refractivity contribution in [1.29, 1.82) is 0 Å². The van der Waals surface area contributed by atoms with E-state index in [1.807, 2.05) is 23.5 Å². The molecule has 0 bridgehead atoms. The van der Waals surface area contributed by atoms with Gasteiger partial charge in [0.15, 0.2) is 0 Å². The minimum Gasteiger partial charge on any atom is -0.491 e. The Morgan fingerprint density at radius 2 is 1.36 bits per heavy atom. The number of thioether (sulfide) groups is 2. The lowest BCUT2D eigenvalue weighted by Crippen LogP contribution is -2.12. The van der Waals surface area contributed by atoms with Crippen LogP contribution in [0.5, 0.6) is 5.75 Å². The molecule has 0 aliphatic carbocycles. The number of hydrogen-bond acceptors (Lipinski definition) is 6. The lowest BCUT2D eigenvalue weighted by atomic mass is 10.2. The molecule has 0 unspecified atom stereocenters. The zero-order valence-corrected chi connectivity index (χ0v) is 18.8. The summed E-state index contributed by atoms with van der Waals surface area (Å²) in [5, 5.41) is 0. The Morgan fingerprint density at radius 3 is 1.89 bits per heavy atom. The van der Waals surface area contributed by atoms with Crippen LogP contribution in [0.2, 0.25) is 0 Å². The van der Waals surface area contributed by atoms with Crippen molar-refractivity contribution in [2.75, 3.05) is 57.8 Å². The fourth-order valence-corrected chi connectivity index (χ4v) is 4.76. The smallest absolute Gasteiger partial charge is 0.119 e. The molecule has 6 heteroatoms. The van der Waals surface area contributed by atoms with Crippen molar-refractivity contribution in [1.82, 2.24) is 0 Å². The van der Waals surface area contributed by atoms with Crippen LogP contribution in [-0.4, -0.2) is 57.8 Å². The van der Waals surface area contributed by atoms with Crippen LogP contribution in [0.25, 0.3) is 0 Å². The third-order valence-electron chi connectivity index (χ3n) is 3.52. The zero-order valence-electron chi connectivity index (χ0n) is 17.2. The van der Waals surface area contributed by atoms with Gasteiger partial charge in [-0.05, 0) is 42.0 Å². The second-order valence-corrected chi connectivity index (χ2v) is 8.70. The summed E-state index contributed by atoms with van der Waals surface area (Å²) in [5.74, 6) is 5.68. The van der Waals surface area contributed by atoms with E-state index in [2.05, 4.69) is 44.0 Å². The highest BCUT2D eigenvalue weighted by atomic mass is 32.2. The molecule has 158 valence electrons. The highest BCUT2D eigenvalue weighted by molar-refractivity contribution is 8.16. The summed E-state index contributed by atoms with van der Waals surface area (Å²) in [6, 6.07) is 8.48. The van der Waals surface area contributed by atoms with Gasteiger partial charge >= 0.3 is 0 Å². The summed E-state index contributed by atoms with van der Waals surface area (Å²) in [7, 11) is 0. The van der Waals surface area contributed by atoms with Gasteiger partial charge in [-0.15, -0.1) is 29.9 Å². The molecule has 0 radical (unpaired) electrons. The standard InChI is InChI=1S/C22H34O4S2/c1-4-11-23-12-13-24-14-15-25-16-17-26-21-9-7-20(8-10-21)22(27-18-5-2)28-19-6-3/h1,7-10,22H,5-6,11-19H2,2-3H3. The number of hydrogen-bond donors (Lipinski definition) is 0. The monoisotopic (exact) mass is 426 g/mol. The average molecular weight is 427 g/mol. The number of ether oxygens (including phenoxy) is 4. The molecule has 1 aromatic carbocycles. The number of benzene rings is 1. The molecular formula is C22H34O4S2. The number of terminal acetylenes is 1. The fourth-order valence-electron chi connectivity index (χ4n) is 2.20. The second kappa shape index (κ2) is 18.2. The molecule has 0 saturated carbocycles. The van der Waals surface area contributed by atoms with Crippen molar-refractivity contribution in [3.63, 3.8) is 0 Å². The molecule has 1 aromatic rings. The summed E-state index contributed by atoms with van der Waals surface area (Å²) in [6.07, 6.45) is 7.50. The first-order valence-electron chi connectivity index (χ1n) is 9.94. The summed E-state index contributed by atoms with van der Waals surface area (Å²) in [6.45, 7) is 7.99. The van der Waals surface area contributed by atoms with E-state index < -0.39 is 0 Å². The molecule has 0 N–H and O–H groups in total. The lowest BCUT2D eigenvalue weighted by Gasteiger charge is -2.16. The summed E-state index contributed by atoms with van der Waals surface area (Å²) in [5.41, 5.74) is 1.36. The van der Waals surface area contributed by atoms with E-state index in [0.29, 0.717) is 50.8 Å². The van der Waals surface area contributed by atoms with E-state index in [9.17, 15) is 0 Å². The van der Waals surface area contributed by atoms with Gasteiger partial charge in [-0.25, -0.2) is 0 Å². The number of rotatable bonds is 18. The van der Waals surface area contributed by atoms with Crippen LogP contribution < -0.4 is 4.74 Å². The maximum atomic E-state index is 5.76. The molecule has 0 saturated heterocycles. The normalized spacial score (nSPS) is 10.9. The van der Waals surface area contributed by atoms with Crippen LogP contribution >= 0.6 is 23.5 Å². The lowest BCUT2D eigenvalue weighted by molar-refractivity contribution is 0.0142. The van der Waals surface area contributed by atoms with Gasteiger partial charge in [-0.1, -0.05) is 31.9 Å². The largest absolute Gasteiger partial charge is 0.491 e. The van der Waals surface area contributed by atoms with E-state index >= 15 is 0 Å². The van der Waals surface area contributed by atoms with Crippen molar-refractivity contribution < 1.29 is 18.9 Å². The van der Waals surface area contributed by atoms with Crippen LogP contribution in [0.1, 0.15) is 36.8 Å². The fraction of sp³-hybridized carbons (Fsp3) is 0.636. The minimum absolute atomic E-state index is 0.327. The third kappa shape index (κ3) is 12.6. The Hall–Kier alpha value is -0.840. The highest BCUT2D eigenvalue weighted by Gasteiger charge is 2.12. The van der Waals surface area contributed by atoms with Gasteiger partial charge in [-0.3, -0.25) is 0 Å². The quantitative estimate of drug-likeness (QED) is 0.186. The van der Waals surface area contributed by atoms with Gasteiger partial charge in [0.05, 0.1) is 37.6 Å². The van der Waals surface area contributed by atoms with Crippen molar-refractivity contribution in [2.45, 2.75) is 31.3 Å². The van der Waals surface area contributed by atoms with E-state index in [-0.39, 0.29) is 0 Å². The van der Waals surface area contributed by atoms with E-state index in [4.69, 9.17) is 25.4 Å². The molecule has 0 amide bonds. The Morgan fingerprint density at radius 1 is 0.821 bits per heavy atom. The SMILES string of the molecule is C#CCOCCOCCOCCOc1ccc(C(SCCC)SCCC)cc1. The molecule has 4 nitrogen and oxygen atoms in total. The molecule has 0 aliphatic rings. The Labute approximate surface area is 179 Å². The maximum Gasteiger partial charge on any atom is 0.119 e. The maximum absolute atomic E-state index is 5.76. The Balaban J connectivity index is 2.16. The van der Waals surface area contributed by atoms with E-state index in [1.54, 1.807) is 0 Å². The molecule has 0 spiro atoms. The third-order valence-corrected chi connectivity index (χ3v) is 6.78. The van der Waals surface area contributed by atoms with Gasteiger partial charge in [0.25, 0.3) is 0 Å². The van der Waals surface area contributed by atoms with Crippen molar-refractivity contribution in [2.24, 2.45) is 0 Å². The molecule has 0 aliphatic heterocycles. The summed E-state index contributed by atoms with van der Waals surface area (Å²) >= 11 is 4.06. The second-order valence-electron chi connectivity index (χ2n) is 5.97. The van der Waals surface area contributed by atoms with Crippen LogP contribution in [0.15, 0.2) is 24.3 Å². The van der Waals surface area contributed by atoms with Crippen molar-refractivity contribution in [3.05, 3.63) is 29.8 Å². The molecular weight excluding hydrogens is 392 g/mol. The van der Waals surface area contributed by atoms with Crippen LogP contribution in [0.3, 0.4) is 0 Å². The summed E-state index contributed by atoms with van der Waals surface area (Å²) < 4.78 is 22.3. The van der Waals surface area contributed by atoms with Crippen LogP contribution in [0, 0.1) is 12.3 Å². The van der Waals surface area contributed by atoms with Crippen LogP contribution in [-0.2, 0) is 14.2 Å². The Bertz CT molecular complexity index is 508. The van der Waals surface area contributed by atoms with Gasteiger partial charge < -0.3 is 18.9 Å². The first-order valence-corrected chi connectivity index (χ1v) is 12.0. The highest BCUT2D eigenvalue weighted by Crippen LogP contribution is 2.40. The first-order chi connectivity index (χ1) is 13.8. The molecule has 0 atom stereocenters. The van der Waals surface area contributed by atoms with E-state index in [0.717, 1.165) is 5.75 Å². The average Bonchev–Trinajstić information content (AvgIpc) is 2.73. The van der Waals surface area contributed by atoms with Gasteiger partial charge in [0.2, 0.25) is 0 Å². The van der Waals surface area contributed by atoms with Gasteiger partial charge in [-0.2, -0.15) is 0 Å². The molecule has 28 heavy (non-hydrogen) atoms. The topological polar surface area (TPSA) is 36.9 Å². The van der Waals surface area contributed by atoms with E-state index in [1.165, 1.54) is 29.9 Å². The summed E-state index contributed by atoms with van der Waals surface area (Å²) in [4.78, 5) is 0. The predicted octanol–water partition coefficient (Wildman–Crippen LogP) is 5.03. The minimum atomic E-state index is 0.327. The molecule has 0 heterocycles. The first kappa shape index (κ1) is 25.2. The van der Waals surface area contributed by atoms with Crippen molar-refractivity contribution in [3.8, 4) is 18.1 Å². The van der Waals surface area contributed by atoms with Crippen molar-refractivity contribution >= 4 is 23.5 Å². The molecule has 1 rings (SSSR count). The zero-order chi connectivity index (χ0) is 20.3.